The van der Waals surface area contributed by atoms with Gasteiger partial charge in [-0.15, -0.1) is 0 Å². The number of hydrogen-bond donors (Lipinski definition) is 1. The normalized spacial score (nSPS) is 9.85. The summed E-state index contributed by atoms with van der Waals surface area (Å²) in [6, 6.07) is 10.7. The molecule has 0 saturated heterocycles. The van der Waals surface area contributed by atoms with Gasteiger partial charge in [0.1, 0.15) is 18.4 Å². The Morgan fingerprint density at radius 3 is 2.90 bits per heavy atom. The van der Waals surface area contributed by atoms with Gasteiger partial charge < -0.3 is 14.6 Å². The molecule has 5 heteroatoms. The summed E-state index contributed by atoms with van der Waals surface area (Å²) in [5, 5.41) is 18.1. The molecule has 0 saturated carbocycles. The molecule has 0 radical (unpaired) electrons. The molecule has 0 aliphatic carbocycles. The van der Waals surface area contributed by atoms with E-state index in [0.717, 1.165) is 5.56 Å². The summed E-state index contributed by atoms with van der Waals surface area (Å²) in [6.45, 7) is 0.136. The minimum absolute atomic E-state index is 0.133. The predicted octanol–water partition coefficient (Wildman–Crippen LogP) is 2.03. The van der Waals surface area contributed by atoms with Crippen molar-refractivity contribution in [2.45, 2.75) is 13.2 Å². The van der Waals surface area contributed by atoms with Crippen molar-refractivity contribution >= 4 is 0 Å². The molecular formula is C15H14N2O3. The van der Waals surface area contributed by atoms with Gasteiger partial charge in [-0.2, -0.15) is 5.26 Å². The first kappa shape index (κ1) is 13.8. The van der Waals surface area contributed by atoms with Crippen LogP contribution in [0.2, 0.25) is 0 Å². The van der Waals surface area contributed by atoms with Crippen molar-refractivity contribution in [2.24, 2.45) is 0 Å². The highest BCUT2D eigenvalue weighted by molar-refractivity contribution is 5.46. The van der Waals surface area contributed by atoms with Crippen LogP contribution in [0.4, 0.5) is 0 Å². The molecule has 0 amide bonds. The lowest BCUT2D eigenvalue weighted by Crippen LogP contribution is -2.01. The second kappa shape index (κ2) is 6.55. The number of aliphatic hydroxyl groups excluding tert-OH is 1. The first-order valence-electron chi connectivity index (χ1n) is 6.03. The Kier molecular flexibility index (Phi) is 4.53. The summed E-state index contributed by atoms with van der Waals surface area (Å²) in [5.74, 6) is 1.07. The van der Waals surface area contributed by atoms with Crippen molar-refractivity contribution in [1.29, 1.82) is 5.26 Å². The maximum atomic E-state index is 9.33. The zero-order chi connectivity index (χ0) is 14.4. The molecule has 20 heavy (non-hydrogen) atoms. The van der Waals surface area contributed by atoms with E-state index in [4.69, 9.17) is 14.7 Å². The van der Waals surface area contributed by atoms with Crippen LogP contribution in [0.3, 0.4) is 0 Å². The third-order valence-electron chi connectivity index (χ3n) is 2.77. The number of hydrogen-bond acceptors (Lipinski definition) is 5. The highest BCUT2D eigenvalue weighted by Gasteiger charge is 2.10. The summed E-state index contributed by atoms with van der Waals surface area (Å²) in [4.78, 5) is 3.90. The van der Waals surface area contributed by atoms with Gasteiger partial charge in [0.2, 0.25) is 0 Å². The van der Waals surface area contributed by atoms with Gasteiger partial charge in [-0.1, -0.05) is 12.1 Å². The Hall–Kier alpha value is -2.58. The fourth-order valence-electron chi connectivity index (χ4n) is 1.79. The quantitative estimate of drug-likeness (QED) is 0.899. The summed E-state index contributed by atoms with van der Waals surface area (Å²) < 4.78 is 10.9. The number of aromatic nitrogens is 1. The van der Waals surface area contributed by atoms with Crippen LogP contribution >= 0.6 is 0 Å². The average Bonchev–Trinajstić information content (AvgIpc) is 2.52. The van der Waals surface area contributed by atoms with Crippen molar-refractivity contribution in [2.75, 3.05) is 7.11 Å². The molecule has 5 nitrogen and oxygen atoms in total. The fourth-order valence-corrected chi connectivity index (χ4v) is 1.79. The second-order valence-corrected chi connectivity index (χ2v) is 4.06. The van der Waals surface area contributed by atoms with E-state index < -0.39 is 0 Å². The molecule has 1 heterocycles. The van der Waals surface area contributed by atoms with Gasteiger partial charge in [0, 0.05) is 11.8 Å². The molecule has 1 aromatic carbocycles. The Morgan fingerprint density at radius 2 is 2.20 bits per heavy atom. The molecular weight excluding hydrogens is 256 g/mol. The molecule has 0 unspecified atom stereocenters. The van der Waals surface area contributed by atoms with Crippen LogP contribution in [0, 0.1) is 11.3 Å². The molecule has 0 aliphatic heterocycles. The van der Waals surface area contributed by atoms with E-state index in [2.05, 4.69) is 4.98 Å². The third-order valence-corrected chi connectivity index (χ3v) is 2.77. The van der Waals surface area contributed by atoms with Gasteiger partial charge in [0.25, 0.3) is 0 Å². The Balaban J connectivity index is 2.20. The standard InChI is InChI=1S/C15H14N2O3/c1-19-14-4-2-3-12(9-18)15(14)20-10-11-5-6-17-13(7-11)8-16/h2-7,18H,9-10H2,1H3. The molecule has 2 rings (SSSR count). The Labute approximate surface area is 117 Å². The largest absolute Gasteiger partial charge is 0.493 e. The van der Waals surface area contributed by atoms with Crippen LogP contribution in [-0.2, 0) is 13.2 Å². The van der Waals surface area contributed by atoms with E-state index in [1.807, 2.05) is 6.07 Å². The van der Waals surface area contributed by atoms with Gasteiger partial charge in [-0.3, -0.25) is 0 Å². The SMILES string of the molecule is COc1cccc(CO)c1OCc1ccnc(C#N)c1. The zero-order valence-corrected chi connectivity index (χ0v) is 11.0. The van der Waals surface area contributed by atoms with Crippen molar-refractivity contribution in [3.05, 3.63) is 53.3 Å². The van der Waals surface area contributed by atoms with Crippen LogP contribution in [0.1, 0.15) is 16.8 Å². The van der Waals surface area contributed by atoms with Crippen LogP contribution in [0.25, 0.3) is 0 Å². The average molecular weight is 270 g/mol. The number of benzene rings is 1. The molecule has 1 N–H and O–H groups in total. The number of rotatable bonds is 5. The second-order valence-electron chi connectivity index (χ2n) is 4.06. The monoisotopic (exact) mass is 270 g/mol. The van der Waals surface area contributed by atoms with E-state index in [1.54, 1.807) is 43.6 Å². The Morgan fingerprint density at radius 1 is 1.35 bits per heavy atom. The fraction of sp³-hybridized carbons (Fsp3) is 0.200. The predicted molar refractivity (Wildman–Crippen MR) is 72.2 cm³/mol. The molecule has 0 atom stereocenters. The van der Waals surface area contributed by atoms with Crippen molar-refractivity contribution in [3.8, 4) is 17.6 Å². The minimum atomic E-state index is -0.133. The number of aliphatic hydroxyl groups is 1. The van der Waals surface area contributed by atoms with Crippen LogP contribution in [0.15, 0.2) is 36.5 Å². The zero-order valence-electron chi connectivity index (χ0n) is 11.0. The first-order valence-corrected chi connectivity index (χ1v) is 6.03. The van der Waals surface area contributed by atoms with Crippen LogP contribution < -0.4 is 9.47 Å². The molecule has 0 aliphatic rings. The van der Waals surface area contributed by atoms with Crippen molar-refractivity contribution < 1.29 is 14.6 Å². The molecule has 1 aromatic heterocycles. The molecule has 0 bridgehead atoms. The molecule has 2 aromatic rings. The third kappa shape index (κ3) is 3.05. The minimum Gasteiger partial charge on any atom is -0.493 e. The first-order chi connectivity index (χ1) is 9.78. The van der Waals surface area contributed by atoms with Gasteiger partial charge >= 0.3 is 0 Å². The number of ether oxygens (including phenoxy) is 2. The molecule has 102 valence electrons. The van der Waals surface area contributed by atoms with Crippen LogP contribution in [-0.4, -0.2) is 17.2 Å². The van der Waals surface area contributed by atoms with Gasteiger partial charge in [0.15, 0.2) is 11.5 Å². The van der Waals surface area contributed by atoms with Crippen molar-refractivity contribution in [1.82, 2.24) is 4.98 Å². The maximum Gasteiger partial charge on any atom is 0.167 e. The Bertz CT molecular complexity index is 613. The maximum absolute atomic E-state index is 9.33. The smallest absolute Gasteiger partial charge is 0.167 e. The van der Waals surface area contributed by atoms with E-state index in [9.17, 15) is 5.11 Å². The molecule has 0 fully saturated rings. The lowest BCUT2D eigenvalue weighted by molar-refractivity contribution is 0.250. The van der Waals surface area contributed by atoms with E-state index >= 15 is 0 Å². The number of pyridine rings is 1. The summed E-state index contributed by atoms with van der Waals surface area (Å²) in [6.07, 6.45) is 1.56. The van der Waals surface area contributed by atoms with E-state index in [1.165, 1.54) is 0 Å². The van der Waals surface area contributed by atoms with Gasteiger partial charge in [-0.25, -0.2) is 4.98 Å². The van der Waals surface area contributed by atoms with Gasteiger partial charge in [-0.05, 0) is 23.8 Å². The van der Waals surface area contributed by atoms with E-state index in [-0.39, 0.29) is 13.2 Å². The number of para-hydroxylation sites is 1. The van der Waals surface area contributed by atoms with Crippen LogP contribution in [0.5, 0.6) is 11.5 Å². The topological polar surface area (TPSA) is 75.4 Å². The number of methoxy groups -OCH3 is 1. The number of nitrogens with zero attached hydrogens (tertiary/aromatic N) is 2. The number of nitriles is 1. The van der Waals surface area contributed by atoms with Gasteiger partial charge in [0.05, 0.1) is 13.7 Å². The molecule has 0 spiro atoms. The summed E-state index contributed by atoms with van der Waals surface area (Å²) in [5.41, 5.74) is 1.82. The summed E-state index contributed by atoms with van der Waals surface area (Å²) >= 11 is 0. The highest BCUT2D eigenvalue weighted by Crippen LogP contribution is 2.31. The lowest BCUT2D eigenvalue weighted by Gasteiger charge is -2.14. The summed E-state index contributed by atoms with van der Waals surface area (Å²) in [7, 11) is 1.55. The van der Waals surface area contributed by atoms with Crippen molar-refractivity contribution in [3.63, 3.8) is 0 Å². The lowest BCUT2D eigenvalue weighted by atomic mass is 10.2. The van der Waals surface area contributed by atoms with E-state index in [0.29, 0.717) is 22.8 Å². The highest BCUT2D eigenvalue weighted by atomic mass is 16.5.